The Kier molecular flexibility index (Phi) is 7.05. The van der Waals surface area contributed by atoms with E-state index in [0.29, 0.717) is 5.92 Å². The van der Waals surface area contributed by atoms with Crippen molar-refractivity contribution in [2.45, 2.75) is 77.7 Å². The van der Waals surface area contributed by atoms with E-state index in [1.807, 2.05) is 32.5 Å². The minimum Gasteiger partial charge on any atom is -0.444 e. The molecule has 136 valence electrons. The Labute approximate surface area is 147 Å². The van der Waals surface area contributed by atoms with Crippen LogP contribution in [0.4, 0.5) is 4.79 Å². The first-order valence-corrected chi connectivity index (χ1v) is 12.6. The number of ether oxygens (including phenoxy) is 1. The molecular formula is C17H35NO3SSi. The summed E-state index contributed by atoms with van der Waals surface area (Å²) in [7, 11) is -1.75. The Balaban J connectivity index is 2.60. The van der Waals surface area contributed by atoms with Crippen LogP contribution in [0.25, 0.3) is 0 Å². The summed E-state index contributed by atoms with van der Waals surface area (Å²) in [6, 6.07) is 0.149. The van der Waals surface area contributed by atoms with Crippen LogP contribution in [-0.4, -0.2) is 44.2 Å². The van der Waals surface area contributed by atoms with Gasteiger partial charge >= 0.3 is 6.09 Å². The standard InChI is InChI=1S/C17H35NO3SSi/c1-16(2,3)21-15(19)18-14-9-10-22-12-13(14)11-20-23(7,8)17(4,5)6/h13-14H,9-12H2,1-8H3,(H,18,19). The van der Waals surface area contributed by atoms with E-state index in [1.54, 1.807) is 0 Å². The zero-order chi connectivity index (χ0) is 17.9. The summed E-state index contributed by atoms with van der Waals surface area (Å²) in [5, 5.41) is 3.27. The average molecular weight is 362 g/mol. The van der Waals surface area contributed by atoms with E-state index in [-0.39, 0.29) is 17.2 Å². The monoisotopic (exact) mass is 361 g/mol. The fraction of sp³-hybridized carbons (Fsp3) is 0.941. The SMILES string of the molecule is CC(C)(C)OC(=O)NC1CCSCC1CO[Si](C)(C)C(C)(C)C. The van der Waals surface area contributed by atoms with Crippen molar-refractivity contribution in [1.29, 1.82) is 0 Å². The predicted molar refractivity (Wildman–Crippen MR) is 102 cm³/mol. The van der Waals surface area contributed by atoms with Gasteiger partial charge in [0, 0.05) is 24.3 Å². The maximum absolute atomic E-state index is 12.1. The van der Waals surface area contributed by atoms with Gasteiger partial charge in [0.1, 0.15) is 5.60 Å². The van der Waals surface area contributed by atoms with Crippen LogP contribution in [0.3, 0.4) is 0 Å². The molecule has 2 atom stereocenters. The quantitative estimate of drug-likeness (QED) is 0.740. The molecule has 4 nitrogen and oxygen atoms in total. The molecule has 0 aromatic heterocycles. The molecule has 1 aliphatic heterocycles. The molecule has 2 unspecified atom stereocenters. The third kappa shape index (κ3) is 7.06. The van der Waals surface area contributed by atoms with Gasteiger partial charge in [-0.15, -0.1) is 0 Å². The lowest BCUT2D eigenvalue weighted by molar-refractivity contribution is 0.0475. The number of hydrogen-bond donors (Lipinski definition) is 1. The maximum atomic E-state index is 12.1. The highest BCUT2D eigenvalue weighted by Gasteiger charge is 2.39. The summed E-state index contributed by atoms with van der Waals surface area (Å²) < 4.78 is 11.8. The molecule has 0 radical (unpaired) electrons. The summed E-state index contributed by atoms with van der Waals surface area (Å²) in [4.78, 5) is 12.1. The molecule has 0 bridgehead atoms. The van der Waals surface area contributed by atoms with Crippen LogP contribution in [0.5, 0.6) is 0 Å². The van der Waals surface area contributed by atoms with Crippen molar-refractivity contribution in [2.24, 2.45) is 5.92 Å². The Bertz CT molecular complexity index is 402. The molecule has 23 heavy (non-hydrogen) atoms. The topological polar surface area (TPSA) is 47.6 Å². The van der Waals surface area contributed by atoms with E-state index in [1.165, 1.54) is 0 Å². The van der Waals surface area contributed by atoms with Crippen molar-refractivity contribution in [3.63, 3.8) is 0 Å². The second kappa shape index (κ2) is 7.79. The fourth-order valence-electron chi connectivity index (χ4n) is 2.14. The normalized spacial score (nSPS) is 23.5. The van der Waals surface area contributed by atoms with Gasteiger partial charge in [-0.25, -0.2) is 4.79 Å². The van der Waals surface area contributed by atoms with Crippen molar-refractivity contribution < 1.29 is 14.0 Å². The molecule has 0 aliphatic carbocycles. The first-order chi connectivity index (χ1) is 10.3. The van der Waals surface area contributed by atoms with Gasteiger partial charge in [0.15, 0.2) is 8.32 Å². The lowest BCUT2D eigenvalue weighted by atomic mass is 10.00. The lowest BCUT2D eigenvalue weighted by Crippen LogP contribution is -2.49. The highest BCUT2D eigenvalue weighted by atomic mass is 32.2. The molecule has 0 aromatic rings. The van der Waals surface area contributed by atoms with Crippen LogP contribution in [0, 0.1) is 5.92 Å². The number of amides is 1. The smallest absolute Gasteiger partial charge is 0.407 e. The van der Waals surface area contributed by atoms with Crippen LogP contribution < -0.4 is 5.32 Å². The van der Waals surface area contributed by atoms with Crippen LogP contribution in [0.1, 0.15) is 48.0 Å². The molecule has 1 aliphatic rings. The van der Waals surface area contributed by atoms with Crippen molar-refractivity contribution in [3.05, 3.63) is 0 Å². The minimum atomic E-state index is -1.75. The van der Waals surface area contributed by atoms with Gasteiger partial charge in [0.05, 0.1) is 0 Å². The fourth-order valence-corrected chi connectivity index (χ4v) is 4.42. The van der Waals surface area contributed by atoms with E-state index in [9.17, 15) is 4.79 Å². The number of nitrogens with one attached hydrogen (secondary N) is 1. The molecule has 1 N–H and O–H groups in total. The predicted octanol–water partition coefficient (Wildman–Crippen LogP) is 4.65. The lowest BCUT2D eigenvalue weighted by Gasteiger charge is -2.39. The summed E-state index contributed by atoms with van der Waals surface area (Å²) in [5.74, 6) is 2.47. The van der Waals surface area contributed by atoms with Gasteiger partial charge in [-0.3, -0.25) is 0 Å². The van der Waals surface area contributed by atoms with Gasteiger partial charge in [0.2, 0.25) is 0 Å². The summed E-state index contributed by atoms with van der Waals surface area (Å²) >= 11 is 1.95. The number of carbonyl (C=O) groups excluding carboxylic acids is 1. The first-order valence-electron chi connectivity index (χ1n) is 8.53. The van der Waals surface area contributed by atoms with Crippen LogP contribution in [-0.2, 0) is 9.16 Å². The molecule has 1 amide bonds. The Morgan fingerprint density at radius 3 is 2.35 bits per heavy atom. The molecule has 6 heteroatoms. The van der Waals surface area contributed by atoms with Crippen molar-refractivity contribution >= 4 is 26.2 Å². The van der Waals surface area contributed by atoms with Crippen molar-refractivity contribution in [1.82, 2.24) is 5.32 Å². The minimum absolute atomic E-state index is 0.149. The zero-order valence-electron chi connectivity index (χ0n) is 16.1. The van der Waals surface area contributed by atoms with Gasteiger partial charge in [-0.05, 0) is 51.1 Å². The molecular weight excluding hydrogens is 326 g/mol. The van der Waals surface area contributed by atoms with E-state index in [2.05, 4.69) is 39.2 Å². The second-order valence-electron chi connectivity index (χ2n) is 8.95. The summed E-state index contributed by atoms with van der Waals surface area (Å²) in [5.41, 5.74) is -0.458. The molecule has 1 heterocycles. The maximum Gasteiger partial charge on any atom is 0.407 e. The summed E-state index contributed by atoms with van der Waals surface area (Å²) in [6.07, 6.45) is 0.668. The Morgan fingerprint density at radius 2 is 1.83 bits per heavy atom. The molecule has 1 rings (SSSR count). The highest BCUT2D eigenvalue weighted by Crippen LogP contribution is 2.37. The van der Waals surface area contributed by atoms with Gasteiger partial charge in [0.25, 0.3) is 0 Å². The molecule has 1 saturated heterocycles. The zero-order valence-corrected chi connectivity index (χ0v) is 17.9. The summed E-state index contributed by atoms with van der Waals surface area (Å²) in [6.45, 7) is 17.7. The van der Waals surface area contributed by atoms with Gasteiger partial charge in [-0.2, -0.15) is 11.8 Å². The highest BCUT2D eigenvalue weighted by molar-refractivity contribution is 7.99. The average Bonchev–Trinajstić information content (AvgIpc) is 2.34. The first kappa shape index (κ1) is 20.8. The largest absolute Gasteiger partial charge is 0.444 e. The third-order valence-corrected chi connectivity index (χ3v) is 10.3. The third-order valence-electron chi connectivity index (χ3n) is 4.64. The number of rotatable bonds is 4. The van der Waals surface area contributed by atoms with Crippen LogP contribution in [0.2, 0.25) is 18.1 Å². The van der Waals surface area contributed by atoms with E-state index in [4.69, 9.17) is 9.16 Å². The Morgan fingerprint density at radius 1 is 1.22 bits per heavy atom. The van der Waals surface area contributed by atoms with Crippen LogP contribution >= 0.6 is 11.8 Å². The van der Waals surface area contributed by atoms with E-state index in [0.717, 1.165) is 24.5 Å². The van der Waals surface area contributed by atoms with Gasteiger partial charge < -0.3 is 14.5 Å². The van der Waals surface area contributed by atoms with Crippen molar-refractivity contribution in [2.75, 3.05) is 18.1 Å². The number of thioether (sulfide) groups is 1. The molecule has 0 saturated carbocycles. The van der Waals surface area contributed by atoms with Crippen molar-refractivity contribution in [3.8, 4) is 0 Å². The second-order valence-corrected chi connectivity index (χ2v) is 14.9. The van der Waals surface area contributed by atoms with Crippen LogP contribution in [0.15, 0.2) is 0 Å². The Hall–Kier alpha value is -0.203. The molecule has 0 spiro atoms. The number of alkyl carbamates (subject to hydrolysis) is 1. The number of carbonyl (C=O) groups is 1. The van der Waals surface area contributed by atoms with Gasteiger partial charge in [-0.1, -0.05) is 20.8 Å². The molecule has 0 aromatic carbocycles. The van der Waals surface area contributed by atoms with E-state index < -0.39 is 13.9 Å². The molecule has 1 fully saturated rings. The van der Waals surface area contributed by atoms with E-state index >= 15 is 0 Å². The number of hydrogen-bond acceptors (Lipinski definition) is 4.